The first-order valence-corrected chi connectivity index (χ1v) is 6.23. The van der Waals surface area contributed by atoms with Crippen LogP contribution in [0, 0.1) is 0 Å². The summed E-state index contributed by atoms with van der Waals surface area (Å²) in [5.41, 5.74) is 6.93. The van der Waals surface area contributed by atoms with Crippen LogP contribution in [0.1, 0.15) is 18.4 Å². The summed E-state index contributed by atoms with van der Waals surface area (Å²) in [7, 11) is 0. The molecule has 3 heteroatoms. The van der Waals surface area contributed by atoms with Crippen molar-refractivity contribution in [3.63, 3.8) is 0 Å². The minimum atomic E-state index is 0.434. The molecule has 0 saturated heterocycles. The van der Waals surface area contributed by atoms with E-state index in [0.29, 0.717) is 12.5 Å². The highest BCUT2D eigenvalue weighted by Gasteiger charge is 2.05. The van der Waals surface area contributed by atoms with Crippen LogP contribution >= 0.6 is 27.7 Å². The van der Waals surface area contributed by atoms with Gasteiger partial charge in [-0.2, -0.15) is 0 Å². The van der Waals surface area contributed by atoms with Crippen LogP contribution < -0.4 is 5.73 Å². The molecule has 0 spiro atoms. The fourth-order valence-corrected chi connectivity index (χ4v) is 2.28. The summed E-state index contributed by atoms with van der Waals surface area (Å²) in [4.78, 5) is 1.28. The van der Waals surface area contributed by atoms with E-state index in [1.807, 2.05) is 0 Å². The van der Waals surface area contributed by atoms with E-state index in [4.69, 9.17) is 5.73 Å². The molecule has 2 N–H and O–H groups in total. The van der Waals surface area contributed by atoms with Gasteiger partial charge in [-0.05, 0) is 42.5 Å². The highest BCUT2D eigenvalue weighted by atomic mass is 79.9. The SMILES string of the molecule is CSc1cc(Br)cc(C(C)CN)c1. The van der Waals surface area contributed by atoms with Crippen LogP contribution in [0.2, 0.25) is 0 Å². The first-order chi connectivity index (χ1) is 6.17. The van der Waals surface area contributed by atoms with Crippen molar-refractivity contribution in [3.05, 3.63) is 28.2 Å². The Labute approximate surface area is 92.2 Å². The van der Waals surface area contributed by atoms with E-state index >= 15 is 0 Å². The largest absolute Gasteiger partial charge is 0.330 e. The summed E-state index contributed by atoms with van der Waals surface area (Å²) in [6, 6.07) is 6.46. The molecule has 1 rings (SSSR count). The minimum Gasteiger partial charge on any atom is -0.330 e. The van der Waals surface area contributed by atoms with Gasteiger partial charge in [0.05, 0.1) is 0 Å². The number of thioether (sulfide) groups is 1. The molecule has 0 radical (unpaired) electrons. The van der Waals surface area contributed by atoms with E-state index in [1.165, 1.54) is 10.5 Å². The number of halogens is 1. The van der Waals surface area contributed by atoms with E-state index in [2.05, 4.69) is 47.3 Å². The molecule has 1 aromatic rings. The zero-order valence-corrected chi connectivity index (χ0v) is 10.3. The Kier molecular flexibility index (Phi) is 4.29. The molecule has 1 unspecified atom stereocenters. The molecule has 0 bridgehead atoms. The summed E-state index contributed by atoms with van der Waals surface area (Å²) in [6.45, 7) is 2.84. The summed E-state index contributed by atoms with van der Waals surface area (Å²) >= 11 is 5.25. The molecule has 0 saturated carbocycles. The second kappa shape index (κ2) is 5.03. The van der Waals surface area contributed by atoms with Gasteiger partial charge in [0.15, 0.2) is 0 Å². The lowest BCUT2D eigenvalue weighted by molar-refractivity contribution is 0.771. The monoisotopic (exact) mass is 259 g/mol. The zero-order chi connectivity index (χ0) is 9.84. The van der Waals surface area contributed by atoms with Gasteiger partial charge in [0, 0.05) is 9.37 Å². The maximum atomic E-state index is 5.62. The quantitative estimate of drug-likeness (QED) is 0.844. The molecule has 0 aromatic heterocycles. The van der Waals surface area contributed by atoms with Gasteiger partial charge >= 0.3 is 0 Å². The summed E-state index contributed by atoms with van der Waals surface area (Å²) < 4.78 is 1.13. The van der Waals surface area contributed by atoms with Crippen LogP contribution in [0.25, 0.3) is 0 Å². The number of hydrogen-bond donors (Lipinski definition) is 1. The Morgan fingerprint density at radius 2 is 2.15 bits per heavy atom. The lowest BCUT2D eigenvalue weighted by Crippen LogP contribution is -2.08. The Hall–Kier alpha value is 0.01000. The van der Waals surface area contributed by atoms with Crippen LogP contribution in [0.4, 0.5) is 0 Å². The molecular formula is C10H14BrNS. The Balaban J connectivity index is 3.01. The molecule has 0 aliphatic heterocycles. The third-order valence-corrected chi connectivity index (χ3v) is 3.22. The number of benzene rings is 1. The summed E-state index contributed by atoms with van der Waals surface area (Å²) in [5.74, 6) is 0.434. The molecule has 1 nitrogen and oxygen atoms in total. The van der Waals surface area contributed by atoms with Gasteiger partial charge in [0.1, 0.15) is 0 Å². The lowest BCUT2D eigenvalue weighted by Gasteiger charge is -2.10. The van der Waals surface area contributed by atoms with Crippen LogP contribution in [-0.4, -0.2) is 12.8 Å². The third-order valence-electron chi connectivity index (χ3n) is 2.05. The molecule has 13 heavy (non-hydrogen) atoms. The Bertz CT molecular complexity index is 288. The first-order valence-electron chi connectivity index (χ1n) is 4.22. The smallest absolute Gasteiger partial charge is 0.0189 e. The number of nitrogens with two attached hydrogens (primary N) is 1. The predicted octanol–water partition coefficient (Wildman–Crippen LogP) is 3.23. The zero-order valence-electron chi connectivity index (χ0n) is 7.88. The third kappa shape index (κ3) is 3.01. The normalized spacial score (nSPS) is 12.9. The van der Waals surface area contributed by atoms with Crippen LogP contribution in [0.15, 0.2) is 27.6 Å². The van der Waals surface area contributed by atoms with Gasteiger partial charge in [0.25, 0.3) is 0 Å². The van der Waals surface area contributed by atoms with E-state index in [-0.39, 0.29) is 0 Å². The van der Waals surface area contributed by atoms with Crippen molar-refractivity contribution in [1.82, 2.24) is 0 Å². The standard InChI is InChI=1S/C10H14BrNS/c1-7(6-12)8-3-9(11)5-10(4-8)13-2/h3-5,7H,6,12H2,1-2H3. The minimum absolute atomic E-state index is 0.434. The molecule has 0 heterocycles. The molecule has 0 aliphatic carbocycles. The molecule has 0 amide bonds. The highest BCUT2D eigenvalue weighted by Crippen LogP contribution is 2.26. The predicted molar refractivity (Wildman–Crippen MR) is 63.4 cm³/mol. The highest BCUT2D eigenvalue weighted by molar-refractivity contribution is 9.10. The fourth-order valence-electron chi connectivity index (χ4n) is 1.12. The van der Waals surface area contributed by atoms with Crippen LogP contribution in [0.5, 0.6) is 0 Å². The van der Waals surface area contributed by atoms with Crippen molar-refractivity contribution in [2.24, 2.45) is 5.73 Å². The van der Waals surface area contributed by atoms with Crippen molar-refractivity contribution >= 4 is 27.7 Å². The summed E-state index contributed by atoms with van der Waals surface area (Å²) in [6.07, 6.45) is 2.08. The summed E-state index contributed by atoms with van der Waals surface area (Å²) in [5, 5.41) is 0. The second-order valence-electron chi connectivity index (χ2n) is 3.06. The molecule has 0 fully saturated rings. The fraction of sp³-hybridized carbons (Fsp3) is 0.400. The van der Waals surface area contributed by atoms with Crippen LogP contribution in [-0.2, 0) is 0 Å². The van der Waals surface area contributed by atoms with Crippen LogP contribution in [0.3, 0.4) is 0 Å². The average molecular weight is 260 g/mol. The van der Waals surface area contributed by atoms with E-state index in [1.54, 1.807) is 11.8 Å². The van der Waals surface area contributed by atoms with E-state index < -0.39 is 0 Å². The van der Waals surface area contributed by atoms with Gasteiger partial charge < -0.3 is 5.73 Å². The molecule has 72 valence electrons. The van der Waals surface area contributed by atoms with Crippen molar-refractivity contribution in [3.8, 4) is 0 Å². The van der Waals surface area contributed by atoms with E-state index in [0.717, 1.165) is 4.47 Å². The maximum Gasteiger partial charge on any atom is 0.0189 e. The van der Waals surface area contributed by atoms with Crippen molar-refractivity contribution < 1.29 is 0 Å². The molecule has 1 atom stereocenters. The average Bonchev–Trinajstić information content (AvgIpc) is 2.15. The topological polar surface area (TPSA) is 26.0 Å². The Morgan fingerprint density at radius 1 is 1.46 bits per heavy atom. The Morgan fingerprint density at radius 3 is 2.69 bits per heavy atom. The maximum absolute atomic E-state index is 5.62. The van der Waals surface area contributed by atoms with Crippen molar-refractivity contribution in [2.45, 2.75) is 17.7 Å². The van der Waals surface area contributed by atoms with Gasteiger partial charge in [0.2, 0.25) is 0 Å². The van der Waals surface area contributed by atoms with Gasteiger partial charge in [-0.1, -0.05) is 22.9 Å². The van der Waals surface area contributed by atoms with Gasteiger partial charge in [-0.25, -0.2) is 0 Å². The second-order valence-corrected chi connectivity index (χ2v) is 4.86. The van der Waals surface area contributed by atoms with Crippen molar-refractivity contribution in [1.29, 1.82) is 0 Å². The number of rotatable bonds is 3. The molecule has 0 aliphatic rings. The van der Waals surface area contributed by atoms with E-state index in [9.17, 15) is 0 Å². The number of hydrogen-bond acceptors (Lipinski definition) is 2. The van der Waals surface area contributed by atoms with Crippen molar-refractivity contribution in [2.75, 3.05) is 12.8 Å². The van der Waals surface area contributed by atoms with Gasteiger partial charge in [-0.3, -0.25) is 0 Å². The molecule has 1 aromatic carbocycles. The lowest BCUT2D eigenvalue weighted by atomic mass is 10.0. The van der Waals surface area contributed by atoms with Gasteiger partial charge in [-0.15, -0.1) is 11.8 Å². The molecular weight excluding hydrogens is 246 g/mol. The first kappa shape index (κ1) is 11.1.